The third-order valence-corrected chi connectivity index (χ3v) is 2.84. The fraction of sp³-hybridized carbons (Fsp3) is 0.636. The molecular formula is C11H17N3. The second-order valence-corrected chi connectivity index (χ2v) is 3.89. The summed E-state index contributed by atoms with van der Waals surface area (Å²) in [7, 11) is 0. The Labute approximate surface area is 84.8 Å². The Balaban J connectivity index is 2.38. The van der Waals surface area contributed by atoms with Gasteiger partial charge in [-0.1, -0.05) is 13.3 Å². The number of nitrogens with zero attached hydrogens (tertiary/aromatic N) is 2. The fourth-order valence-electron chi connectivity index (χ4n) is 1.96. The molecule has 1 unspecified atom stereocenters. The smallest absolute Gasteiger partial charge is 0.128 e. The minimum Gasteiger partial charge on any atom is -0.324 e. The molecular weight excluding hydrogens is 174 g/mol. The van der Waals surface area contributed by atoms with Gasteiger partial charge in [0, 0.05) is 29.9 Å². The van der Waals surface area contributed by atoms with Gasteiger partial charge in [0.2, 0.25) is 0 Å². The lowest BCUT2D eigenvalue weighted by atomic mass is 10.1. The van der Waals surface area contributed by atoms with Crippen molar-refractivity contribution in [1.29, 1.82) is 0 Å². The molecule has 0 aromatic carbocycles. The Bertz CT molecular complexity index is 322. The van der Waals surface area contributed by atoms with Gasteiger partial charge in [0.25, 0.3) is 0 Å². The first-order chi connectivity index (χ1) is 6.81. The monoisotopic (exact) mass is 191 g/mol. The van der Waals surface area contributed by atoms with Crippen LogP contribution in [0.4, 0.5) is 0 Å². The van der Waals surface area contributed by atoms with Crippen molar-refractivity contribution < 1.29 is 0 Å². The van der Waals surface area contributed by atoms with Crippen molar-refractivity contribution >= 4 is 0 Å². The molecule has 1 aliphatic carbocycles. The van der Waals surface area contributed by atoms with Crippen molar-refractivity contribution in [3.05, 3.63) is 23.3 Å². The van der Waals surface area contributed by atoms with Crippen LogP contribution < -0.4 is 5.73 Å². The van der Waals surface area contributed by atoms with Crippen molar-refractivity contribution in [2.75, 3.05) is 0 Å². The zero-order valence-electron chi connectivity index (χ0n) is 8.66. The van der Waals surface area contributed by atoms with Crippen molar-refractivity contribution in [3.63, 3.8) is 0 Å². The molecule has 0 saturated heterocycles. The lowest BCUT2D eigenvalue weighted by Gasteiger charge is -2.11. The highest BCUT2D eigenvalue weighted by molar-refractivity contribution is 5.22. The normalized spacial score (nSPS) is 21.4. The molecule has 0 bridgehead atoms. The van der Waals surface area contributed by atoms with E-state index in [1.165, 1.54) is 24.1 Å². The fourth-order valence-corrected chi connectivity index (χ4v) is 1.96. The van der Waals surface area contributed by atoms with Crippen LogP contribution in [0.3, 0.4) is 0 Å². The van der Waals surface area contributed by atoms with E-state index in [-0.39, 0.29) is 6.04 Å². The van der Waals surface area contributed by atoms with Crippen LogP contribution in [0.5, 0.6) is 0 Å². The maximum absolute atomic E-state index is 6.06. The average Bonchev–Trinajstić information content (AvgIpc) is 2.40. The molecule has 0 aliphatic heterocycles. The molecule has 2 N–H and O–H groups in total. The first-order valence-corrected chi connectivity index (χ1v) is 5.41. The minimum atomic E-state index is 0.151. The standard InChI is InChI=1S/C11H17N3/c1-2-11-13-7-8-9(12)5-3-4-6-10(8)14-11/h7,9H,2-6,12H2,1H3. The van der Waals surface area contributed by atoms with Crippen LogP contribution >= 0.6 is 0 Å². The van der Waals surface area contributed by atoms with Gasteiger partial charge in [-0.05, 0) is 19.3 Å². The van der Waals surface area contributed by atoms with Crippen LogP contribution in [0.1, 0.15) is 49.3 Å². The summed E-state index contributed by atoms with van der Waals surface area (Å²) in [6.07, 6.45) is 7.39. The summed E-state index contributed by atoms with van der Waals surface area (Å²) in [5.41, 5.74) is 8.41. The first kappa shape index (κ1) is 9.59. The summed E-state index contributed by atoms with van der Waals surface area (Å²) in [6.45, 7) is 2.08. The zero-order valence-corrected chi connectivity index (χ0v) is 8.66. The molecule has 3 heteroatoms. The highest BCUT2D eigenvalue weighted by Crippen LogP contribution is 2.24. The number of hydrogen-bond acceptors (Lipinski definition) is 3. The highest BCUT2D eigenvalue weighted by atomic mass is 14.9. The summed E-state index contributed by atoms with van der Waals surface area (Å²) in [5, 5.41) is 0. The summed E-state index contributed by atoms with van der Waals surface area (Å²) in [6, 6.07) is 0.151. The summed E-state index contributed by atoms with van der Waals surface area (Å²) >= 11 is 0. The molecule has 1 aromatic heterocycles. The lowest BCUT2D eigenvalue weighted by Crippen LogP contribution is -2.13. The molecule has 1 aromatic rings. The summed E-state index contributed by atoms with van der Waals surface area (Å²) in [4.78, 5) is 8.86. The minimum absolute atomic E-state index is 0.151. The topological polar surface area (TPSA) is 51.8 Å². The number of nitrogens with two attached hydrogens (primary N) is 1. The molecule has 0 amide bonds. The van der Waals surface area contributed by atoms with Gasteiger partial charge in [-0.25, -0.2) is 9.97 Å². The van der Waals surface area contributed by atoms with Crippen LogP contribution in [-0.2, 0) is 12.8 Å². The summed E-state index contributed by atoms with van der Waals surface area (Å²) < 4.78 is 0. The molecule has 3 nitrogen and oxygen atoms in total. The van der Waals surface area contributed by atoms with Crippen molar-refractivity contribution in [3.8, 4) is 0 Å². The van der Waals surface area contributed by atoms with E-state index in [0.29, 0.717) is 0 Å². The summed E-state index contributed by atoms with van der Waals surface area (Å²) in [5.74, 6) is 0.942. The van der Waals surface area contributed by atoms with Gasteiger partial charge in [-0.2, -0.15) is 0 Å². The molecule has 0 saturated carbocycles. The van der Waals surface area contributed by atoms with E-state index in [1.807, 2.05) is 6.20 Å². The lowest BCUT2D eigenvalue weighted by molar-refractivity contribution is 0.614. The molecule has 1 heterocycles. The number of rotatable bonds is 1. The molecule has 0 spiro atoms. The predicted octanol–water partition coefficient (Wildman–Crippen LogP) is 1.77. The Kier molecular flexibility index (Phi) is 2.77. The van der Waals surface area contributed by atoms with E-state index in [4.69, 9.17) is 5.73 Å². The quantitative estimate of drug-likeness (QED) is 0.688. The SMILES string of the molecule is CCc1ncc2c(n1)CCCCC2N. The van der Waals surface area contributed by atoms with Gasteiger partial charge in [0.1, 0.15) is 5.82 Å². The van der Waals surface area contributed by atoms with Gasteiger partial charge in [0.05, 0.1) is 0 Å². The zero-order chi connectivity index (χ0) is 9.97. The number of aryl methyl sites for hydroxylation is 2. The van der Waals surface area contributed by atoms with Gasteiger partial charge >= 0.3 is 0 Å². The van der Waals surface area contributed by atoms with Gasteiger partial charge in [0.15, 0.2) is 0 Å². The number of aromatic nitrogens is 2. The molecule has 76 valence electrons. The molecule has 1 atom stereocenters. The third-order valence-electron chi connectivity index (χ3n) is 2.84. The second-order valence-electron chi connectivity index (χ2n) is 3.89. The van der Waals surface area contributed by atoms with Crippen LogP contribution in [0.25, 0.3) is 0 Å². The van der Waals surface area contributed by atoms with E-state index >= 15 is 0 Å². The molecule has 0 fully saturated rings. The number of fused-ring (bicyclic) bond motifs is 1. The van der Waals surface area contributed by atoms with Crippen LogP contribution in [0, 0.1) is 0 Å². The Hall–Kier alpha value is -0.960. The van der Waals surface area contributed by atoms with Gasteiger partial charge < -0.3 is 5.73 Å². The maximum Gasteiger partial charge on any atom is 0.128 e. The molecule has 0 radical (unpaired) electrons. The third kappa shape index (κ3) is 1.77. The Morgan fingerprint density at radius 2 is 2.36 bits per heavy atom. The van der Waals surface area contributed by atoms with E-state index in [9.17, 15) is 0 Å². The van der Waals surface area contributed by atoms with Crippen LogP contribution in [-0.4, -0.2) is 9.97 Å². The molecule has 14 heavy (non-hydrogen) atoms. The maximum atomic E-state index is 6.06. The van der Waals surface area contributed by atoms with E-state index in [0.717, 1.165) is 25.1 Å². The second kappa shape index (κ2) is 4.05. The Morgan fingerprint density at radius 3 is 3.14 bits per heavy atom. The molecule has 1 aliphatic rings. The number of hydrogen-bond donors (Lipinski definition) is 1. The average molecular weight is 191 g/mol. The van der Waals surface area contributed by atoms with E-state index in [2.05, 4.69) is 16.9 Å². The van der Waals surface area contributed by atoms with Gasteiger partial charge in [-0.3, -0.25) is 0 Å². The van der Waals surface area contributed by atoms with Crippen molar-refractivity contribution in [1.82, 2.24) is 9.97 Å². The van der Waals surface area contributed by atoms with Crippen LogP contribution in [0.15, 0.2) is 6.20 Å². The van der Waals surface area contributed by atoms with Gasteiger partial charge in [-0.15, -0.1) is 0 Å². The van der Waals surface area contributed by atoms with Crippen molar-refractivity contribution in [2.24, 2.45) is 5.73 Å². The molecule has 2 rings (SSSR count). The first-order valence-electron chi connectivity index (χ1n) is 5.41. The predicted molar refractivity (Wildman–Crippen MR) is 55.9 cm³/mol. The van der Waals surface area contributed by atoms with Crippen LogP contribution in [0.2, 0.25) is 0 Å². The highest BCUT2D eigenvalue weighted by Gasteiger charge is 2.16. The largest absolute Gasteiger partial charge is 0.324 e. The van der Waals surface area contributed by atoms with Crippen molar-refractivity contribution in [2.45, 2.75) is 45.1 Å². The van der Waals surface area contributed by atoms with E-state index < -0.39 is 0 Å². The van der Waals surface area contributed by atoms with E-state index in [1.54, 1.807) is 0 Å². The Morgan fingerprint density at radius 1 is 1.50 bits per heavy atom.